The zero-order valence-electron chi connectivity index (χ0n) is 17.4. The first-order valence-corrected chi connectivity index (χ1v) is 10.4. The quantitative estimate of drug-likeness (QED) is 0.588. The van der Waals surface area contributed by atoms with E-state index in [-0.39, 0.29) is 0 Å². The van der Waals surface area contributed by atoms with Crippen LogP contribution in [-0.4, -0.2) is 63.7 Å². The molecule has 3 heterocycles. The topological polar surface area (TPSA) is 66.7 Å². The van der Waals surface area contributed by atoms with Crippen molar-refractivity contribution in [1.29, 1.82) is 0 Å². The number of β-amino-alcohol motifs (C(OH)–C–C–N with tert-alkyl or cyclic N) is 1. The second kappa shape index (κ2) is 9.28. The van der Waals surface area contributed by atoms with E-state index in [2.05, 4.69) is 39.1 Å². The molecule has 7 nitrogen and oxygen atoms in total. The third-order valence-electron chi connectivity index (χ3n) is 5.39. The van der Waals surface area contributed by atoms with Crippen molar-refractivity contribution in [2.75, 3.05) is 38.2 Å². The van der Waals surface area contributed by atoms with E-state index >= 15 is 0 Å². The Balaban J connectivity index is 1.24. The second-order valence-electron chi connectivity index (χ2n) is 8.02. The normalized spacial score (nSPS) is 18.8. The molecule has 1 N–H and O–H groups in total. The summed E-state index contributed by atoms with van der Waals surface area (Å²) in [7, 11) is 2.05. The molecule has 0 aliphatic carbocycles. The lowest BCUT2D eigenvalue weighted by atomic mass is 10.0. The van der Waals surface area contributed by atoms with Gasteiger partial charge in [0.15, 0.2) is 0 Å². The Labute approximate surface area is 177 Å². The molecule has 7 heteroatoms. The molecule has 0 amide bonds. The van der Waals surface area contributed by atoms with E-state index in [1.165, 1.54) is 5.56 Å². The van der Waals surface area contributed by atoms with E-state index in [1.807, 2.05) is 47.3 Å². The molecule has 1 aliphatic heterocycles. The number of aromatic nitrogens is 3. The number of benzene rings is 1. The minimum absolute atomic E-state index is 0.584. The predicted octanol–water partition coefficient (Wildman–Crippen LogP) is 2.43. The Morgan fingerprint density at radius 1 is 1.13 bits per heavy atom. The van der Waals surface area contributed by atoms with Crippen LogP contribution in [0.15, 0.2) is 67.1 Å². The van der Waals surface area contributed by atoms with Gasteiger partial charge in [0, 0.05) is 44.8 Å². The number of aliphatic hydroxyl groups is 1. The van der Waals surface area contributed by atoms with Crippen molar-refractivity contribution in [2.45, 2.75) is 25.1 Å². The molecule has 1 saturated heterocycles. The van der Waals surface area contributed by atoms with Gasteiger partial charge >= 0.3 is 0 Å². The molecule has 1 atom stereocenters. The Hall–Kier alpha value is -2.90. The van der Waals surface area contributed by atoms with Gasteiger partial charge in [-0.3, -0.25) is 9.58 Å². The van der Waals surface area contributed by atoms with Crippen molar-refractivity contribution in [2.24, 2.45) is 0 Å². The van der Waals surface area contributed by atoms with Gasteiger partial charge in [-0.25, -0.2) is 4.98 Å². The van der Waals surface area contributed by atoms with Crippen LogP contribution in [0.1, 0.15) is 12.0 Å². The van der Waals surface area contributed by atoms with Crippen molar-refractivity contribution < 1.29 is 9.84 Å². The average Bonchev–Trinajstić information content (AvgIpc) is 3.40. The highest BCUT2D eigenvalue weighted by Gasteiger charge is 2.37. The van der Waals surface area contributed by atoms with Crippen LogP contribution in [0, 0.1) is 0 Å². The molecule has 0 radical (unpaired) electrons. The van der Waals surface area contributed by atoms with Crippen LogP contribution in [-0.2, 0) is 13.1 Å². The number of anilines is 1. The highest BCUT2D eigenvalue weighted by Crippen LogP contribution is 2.26. The summed E-state index contributed by atoms with van der Waals surface area (Å²) < 4.78 is 7.64. The molecular weight excluding hydrogens is 378 g/mol. The minimum atomic E-state index is -0.720. The van der Waals surface area contributed by atoms with Gasteiger partial charge in [0.05, 0.1) is 12.1 Å². The third-order valence-corrected chi connectivity index (χ3v) is 5.39. The number of likely N-dealkylation sites (N-methyl/N-ethyl adjacent to an activating group) is 1. The molecule has 0 saturated carbocycles. The highest BCUT2D eigenvalue weighted by atomic mass is 16.5. The minimum Gasteiger partial charge on any atom is -0.492 e. The van der Waals surface area contributed by atoms with Crippen molar-refractivity contribution in [3.05, 3.63) is 72.7 Å². The van der Waals surface area contributed by atoms with Crippen LogP contribution in [0.2, 0.25) is 0 Å². The molecular formula is C23H29N5O2. The summed E-state index contributed by atoms with van der Waals surface area (Å²) >= 11 is 0. The summed E-state index contributed by atoms with van der Waals surface area (Å²) in [5.74, 6) is 1.79. The van der Waals surface area contributed by atoms with Gasteiger partial charge in [0.1, 0.15) is 18.2 Å². The standard InChI is InChI=1S/C23H29N5O2/c1-26(18-23(29)10-14-27(19-23)22-5-2-3-11-24-22)17-20-6-8-21(9-7-20)30-16-15-28-13-4-12-25-28/h2-9,11-13,29H,10,14-19H2,1H3. The van der Waals surface area contributed by atoms with Crippen molar-refractivity contribution in [3.8, 4) is 5.75 Å². The number of rotatable bonds is 9. The van der Waals surface area contributed by atoms with Crippen LogP contribution >= 0.6 is 0 Å². The number of ether oxygens (including phenoxy) is 1. The summed E-state index contributed by atoms with van der Waals surface area (Å²) in [4.78, 5) is 8.73. The molecule has 2 aromatic heterocycles. The second-order valence-corrected chi connectivity index (χ2v) is 8.02. The fourth-order valence-electron chi connectivity index (χ4n) is 3.97. The van der Waals surface area contributed by atoms with Gasteiger partial charge in [-0.05, 0) is 49.4 Å². The maximum Gasteiger partial charge on any atom is 0.128 e. The van der Waals surface area contributed by atoms with Gasteiger partial charge in [-0.15, -0.1) is 0 Å². The SMILES string of the molecule is CN(Cc1ccc(OCCn2cccn2)cc1)CC1(O)CCN(c2ccccn2)C1. The number of hydrogen-bond acceptors (Lipinski definition) is 6. The van der Waals surface area contributed by atoms with Crippen LogP contribution < -0.4 is 9.64 Å². The van der Waals surface area contributed by atoms with Crippen LogP contribution in [0.5, 0.6) is 5.75 Å². The van der Waals surface area contributed by atoms with E-state index in [0.29, 0.717) is 19.7 Å². The number of nitrogens with zero attached hydrogens (tertiary/aromatic N) is 5. The first kappa shape index (κ1) is 20.4. The first-order chi connectivity index (χ1) is 14.6. The maximum absolute atomic E-state index is 11.1. The summed E-state index contributed by atoms with van der Waals surface area (Å²) in [5.41, 5.74) is 0.474. The van der Waals surface area contributed by atoms with Gasteiger partial charge in [0.2, 0.25) is 0 Å². The average molecular weight is 408 g/mol. The fourth-order valence-corrected chi connectivity index (χ4v) is 3.97. The van der Waals surface area contributed by atoms with Gasteiger partial charge in [-0.1, -0.05) is 18.2 Å². The summed E-state index contributed by atoms with van der Waals surface area (Å²) in [6.45, 7) is 4.15. The van der Waals surface area contributed by atoms with E-state index in [4.69, 9.17) is 4.74 Å². The Kier molecular flexibility index (Phi) is 6.30. The monoisotopic (exact) mass is 407 g/mol. The van der Waals surface area contributed by atoms with Crippen LogP contribution in [0.4, 0.5) is 5.82 Å². The van der Waals surface area contributed by atoms with Crippen molar-refractivity contribution in [1.82, 2.24) is 19.7 Å². The molecule has 1 fully saturated rings. The highest BCUT2D eigenvalue weighted by molar-refractivity contribution is 5.40. The molecule has 0 bridgehead atoms. The molecule has 158 valence electrons. The van der Waals surface area contributed by atoms with E-state index in [0.717, 1.165) is 37.6 Å². The lowest BCUT2D eigenvalue weighted by Crippen LogP contribution is -2.43. The fraction of sp³-hybridized carbons (Fsp3) is 0.391. The van der Waals surface area contributed by atoms with Crippen molar-refractivity contribution in [3.63, 3.8) is 0 Å². The largest absolute Gasteiger partial charge is 0.492 e. The van der Waals surface area contributed by atoms with Gasteiger partial charge in [0.25, 0.3) is 0 Å². The Morgan fingerprint density at radius 2 is 2.00 bits per heavy atom. The first-order valence-electron chi connectivity index (χ1n) is 10.4. The molecule has 4 rings (SSSR count). The zero-order chi connectivity index (χ0) is 20.8. The smallest absolute Gasteiger partial charge is 0.128 e. The number of pyridine rings is 1. The molecule has 1 aromatic carbocycles. The van der Waals surface area contributed by atoms with Gasteiger partial charge < -0.3 is 14.7 Å². The lowest BCUT2D eigenvalue weighted by molar-refractivity contribution is 0.0279. The molecule has 1 aliphatic rings. The van der Waals surface area contributed by atoms with Crippen LogP contribution in [0.25, 0.3) is 0 Å². The third kappa shape index (κ3) is 5.37. The van der Waals surface area contributed by atoms with E-state index in [9.17, 15) is 5.11 Å². The lowest BCUT2D eigenvalue weighted by Gasteiger charge is -2.29. The molecule has 3 aromatic rings. The van der Waals surface area contributed by atoms with Crippen LogP contribution in [0.3, 0.4) is 0 Å². The Bertz CT molecular complexity index is 901. The summed E-state index contributed by atoms with van der Waals surface area (Å²) in [6.07, 6.45) is 6.24. The zero-order valence-corrected chi connectivity index (χ0v) is 17.4. The van der Waals surface area contributed by atoms with E-state index in [1.54, 1.807) is 12.4 Å². The maximum atomic E-state index is 11.1. The Morgan fingerprint density at radius 3 is 2.73 bits per heavy atom. The predicted molar refractivity (Wildman–Crippen MR) is 117 cm³/mol. The van der Waals surface area contributed by atoms with Crippen molar-refractivity contribution >= 4 is 5.82 Å². The number of hydrogen-bond donors (Lipinski definition) is 1. The molecule has 1 unspecified atom stereocenters. The molecule has 0 spiro atoms. The molecule has 30 heavy (non-hydrogen) atoms. The van der Waals surface area contributed by atoms with Gasteiger partial charge in [-0.2, -0.15) is 5.10 Å². The van der Waals surface area contributed by atoms with E-state index < -0.39 is 5.60 Å². The summed E-state index contributed by atoms with van der Waals surface area (Å²) in [5, 5.41) is 15.2. The summed E-state index contributed by atoms with van der Waals surface area (Å²) in [6, 6.07) is 16.0.